The lowest BCUT2D eigenvalue weighted by molar-refractivity contribution is -0.132. The molecule has 0 aliphatic carbocycles. The van der Waals surface area contributed by atoms with Crippen molar-refractivity contribution < 1.29 is 24.2 Å². The lowest BCUT2D eigenvalue weighted by atomic mass is 9.95. The summed E-state index contributed by atoms with van der Waals surface area (Å²) in [6.45, 7) is 5.44. The van der Waals surface area contributed by atoms with Crippen LogP contribution in [0.15, 0.2) is 72.3 Å². The summed E-state index contributed by atoms with van der Waals surface area (Å²) in [6, 6.07) is 18.1. The molecule has 1 fully saturated rings. The van der Waals surface area contributed by atoms with Crippen LogP contribution in [0.1, 0.15) is 50.6 Å². The van der Waals surface area contributed by atoms with Crippen LogP contribution < -0.4 is 9.64 Å². The third-order valence-corrected chi connectivity index (χ3v) is 8.79. The lowest BCUT2D eigenvalue weighted by Gasteiger charge is -2.23. The van der Waals surface area contributed by atoms with E-state index in [1.807, 2.05) is 31.2 Å². The predicted molar refractivity (Wildman–Crippen MR) is 160 cm³/mol. The zero-order valence-electron chi connectivity index (χ0n) is 22.3. The smallest absolute Gasteiger partial charge is 0.301 e. The maximum absolute atomic E-state index is 13.4. The fourth-order valence-electron chi connectivity index (χ4n) is 4.64. The van der Waals surface area contributed by atoms with Gasteiger partial charge in [-0.15, -0.1) is 0 Å². The molecule has 1 unspecified atom stereocenters. The minimum absolute atomic E-state index is 0.140. The summed E-state index contributed by atoms with van der Waals surface area (Å²) < 4.78 is 5.91. The molecule has 7 nitrogen and oxygen atoms in total. The number of anilines is 1. The van der Waals surface area contributed by atoms with E-state index in [0.29, 0.717) is 34.1 Å². The molecule has 2 heterocycles. The van der Waals surface area contributed by atoms with Gasteiger partial charge < -0.3 is 9.84 Å². The number of aryl methyl sites for hydroxylation is 2. The SMILES string of the molecule is CC(=O)c1sc(N2C(=O)C(=O)C(=C(O)c3ccc(OCc4ccccc4C)cc3)C2c2ccc(Cl)c(Cl)c2)nc1C. The summed E-state index contributed by atoms with van der Waals surface area (Å²) >= 11 is 13.4. The number of aromatic nitrogens is 1. The number of carbonyl (C=O) groups is 3. The zero-order valence-corrected chi connectivity index (χ0v) is 24.6. The quantitative estimate of drug-likeness (QED) is 0.101. The van der Waals surface area contributed by atoms with Gasteiger partial charge in [0.15, 0.2) is 10.9 Å². The van der Waals surface area contributed by atoms with Gasteiger partial charge in [0.1, 0.15) is 18.1 Å². The highest BCUT2D eigenvalue weighted by Crippen LogP contribution is 2.45. The van der Waals surface area contributed by atoms with Gasteiger partial charge in [-0.05, 0) is 66.9 Å². The number of benzene rings is 3. The number of nitrogens with zero attached hydrogens (tertiary/aromatic N) is 2. The number of hydrogen-bond acceptors (Lipinski definition) is 7. The molecule has 1 aliphatic heterocycles. The van der Waals surface area contributed by atoms with E-state index in [9.17, 15) is 19.5 Å². The van der Waals surface area contributed by atoms with E-state index in [0.717, 1.165) is 22.5 Å². The van der Waals surface area contributed by atoms with Gasteiger partial charge in [-0.1, -0.05) is 64.9 Å². The fourth-order valence-corrected chi connectivity index (χ4v) is 5.93. The van der Waals surface area contributed by atoms with Crippen LogP contribution in [-0.4, -0.2) is 27.6 Å². The van der Waals surface area contributed by atoms with Crippen molar-refractivity contribution in [2.24, 2.45) is 0 Å². The summed E-state index contributed by atoms with van der Waals surface area (Å²) in [7, 11) is 0. The van der Waals surface area contributed by atoms with Crippen molar-refractivity contribution in [3.05, 3.63) is 115 Å². The van der Waals surface area contributed by atoms with Crippen LogP contribution >= 0.6 is 34.5 Å². The Morgan fingerprint density at radius 1 is 1.02 bits per heavy atom. The minimum atomic E-state index is -1.06. The van der Waals surface area contributed by atoms with Crippen LogP contribution in [0.25, 0.3) is 5.76 Å². The molecule has 1 N–H and O–H groups in total. The number of aliphatic hydroxyl groups is 1. The van der Waals surface area contributed by atoms with Crippen LogP contribution in [0.2, 0.25) is 10.0 Å². The normalized spacial score (nSPS) is 16.3. The van der Waals surface area contributed by atoms with Crippen molar-refractivity contribution in [2.75, 3.05) is 4.90 Å². The average molecular weight is 608 g/mol. The highest BCUT2D eigenvalue weighted by molar-refractivity contribution is 7.18. The number of aliphatic hydroxyl groups excluding tert-OH is 1. The van der Waals surface area contributed by atoms with Crippen molar-refractivity contribution in [2.45, 2.75) is 33.4 Å². The number of Topliss-reactive ketones (excluding diaryl/α,β-unsaturated/α-hetero) is 2. The molecule has 0 radical (unpaired) electrons. The van der Waals surface area contributed by atoms with E-state index in [-0.39, 0.29) is 32.3 Å². The molecular formula is C31H24Cl2N2O5S. The Labute approximate surface area is 250 Å². The Morgan fingerprint density at radius 3 is 2.37 bits per heavy atom. The summed E-state index contributed by atoms with van der Waals surface area (Å²) in [4.78, 5) is 44.9. The molecule has 1 aliphatic rings. The number of ether oxygens (including phenoxy) is 1. The minimum Gasteiger partial charge on any atom is -0.507 e. The molecule has 10 heteroatoms. The van der Waals surface area contributed by atoms with E-state index in [1.165, 1.54) is 17.9 Å². The Kier molecular flexibility index (Phi) is 8.00. The van der Waals surface area contributed by atoms with Crippen molar-refractivity contribution >= 4 is 62.9 Å². The second-order valence-corrected chi connectivity index (χ2v) is 11.3. The van der Waals surface area contributed by atoms with Gasteiger partial charge in [0, 0.05) is 12.5 Å². The van der Waals surface area contributed by atoms with Gasteiger partial charge in [0.25, 0.3) is 5.78 Å². The van der Waals surface area contributed by atoms with Crippen molar-refractivity contribution in [3.63, 3.8) is 0 Å². The van der Waals surface area contributed by atoms with E-state index in [2.05, 4.69) is 4.98 Å². The number of hydrogen-bond donors (Lipinski definition) is 1. The number of carbonyl (C=O) groups excluding carboxylic acids is 3. The number of amides is 1. The third kappa shape index (κ3) is 5.51. The van der Waals surface area contributed by atoms with E-state index in [1.54, 1.807) is 43.3 Å². The van der Waals surface area contributed by atoms with Crippen LogP contribution in [0, 0.1) is 13.8 Å². The van der Waals surface area contributed by atoms with Crippen molar-refractivity contribution in [3.8, 4) is 5.75 Å². The van der Waals surface area contributed by atoms with E-state index < -0.39 is 17.7 Å². The second-order valence-electron chi connectivity index (χ2n) is 9.55. The molecule has 41 heavy (non-hydrogen) atoms. The summed E-state index contributed by atoms with van der Waals surface area (Å²) in [6.07, 6.45) is 0. The van der Waals surface area contributed by atoms with Crippen LogP contribution in [0.5, 0.6) is 5.75 Å². The molecule has 1 amide bonds. The number of thiazole rings is 1. The van der Waals surface area contributed by atoms with Crippen LogP contribution in [0.4, 0.5) is 5.13 Å². The Balaban J connectivity index is 1.55. The molecule has 1 aromatic heterocycles. The first-order valence-electron chi connectivity index (χ1n) is 12.6. The summed E-state index contributed by atoms with van der Waals surface area (Å²) in [5.74, 6) is -1.78. The zero-order chi connectivity index (χ0) is 29.4. The number of ketones is 2. The van der Waals surface area contributed by atoms with Crippen molar-refractivity contribution in [1.29, 1.82) is 0 Å². The maximum atomic E-state index is 13.4. The predicted octanol–water partition coefficient (Wildman–Crippen LogP) is 7.47. The molecule has 0 bridgehead atoms. The monoisotopic (exact) mass is 606 g/mol. The molecule has 1 saturated heterocycles. The Hall–Kier alpha value is -3.98. The van der Waals surface area contributed by atoms with Gasteiger partial charge in [-0.2, -0.15) is 0 Å². The molecule has 4 aromatic rings. The first-order chi connectivity index (χ1) is 19.6. The van der Waals surface area contributed by atoms with Crippen LogP contribution in [-0.2, 0) is 16.2 Å². The molecule has 1 atom stereocenters. The molecule has 0 spiro atoms. The topological polar surface area (TPSA) is 96.8 Å². The van der Waals surface area contributed by atoms with Gasteiger partial charge in [0.2, 0.25) is 0 Å². The molecule has 5 rings (SSSR count). The first-order valence-corrected chi connectivity index (χ1v) is 14.2. The van der Waals surface area contributed by atoms with E-state index >= 15 is 0 Å². The largest absolute Gasteiger partial charge is 0.507 e. The van der Waals surface area contributed by atoms with Gasteiger partial charge >= 0.3 is 5.91 Å². The molecule has 208 valence electrons. The van der Waals surface area contributed by atoms with E-state index in [4.69, 9.17) is 27.9 Å². The van der Waals surface area contributed by atoms with Gasteiger partial charge in [-0.25, -0.2) is 4.98 Å². The average Bonchev–Trinajstić information content (AvgIpc) is 3.46. The number of rotatable bonds is 7. The third-order valence-electron chi connectivity index (χ3n) is 6.80. The molecule has 0 saturated carbocycles. The molecular weight excluding hydrogens is 583 g/mol. The lowest BCUT2D eigenvalue weighted by Crippen LogP contribution is -2.29. The standard InChI is InChI=1S/C31H24Cl2N2O5S/c1-16-6-4-5-7-21(16)15-40-22-11-8-19(9-12-22)27(37)25-26(20-10-13-23(32)24(33)14-20)35(30(39)28(25)38)31-34-17(2)29(41-31)18(3)36/h4-14,26,37H,15H2,1-3H3. The highest BCUT2D eigenvalue weighted by Gasteiger charge is 2.48. The summed E-state index contributed by atoms with van der Waals surface area (Å²) in [5, 5.41) is 12.1. The Morgan fingerprint density at radius 2 is 1.73 bits per heavy atom. The van der Waals surface area contributed by atoms with Gasteiger partial charge in [-0.3, -0.25) is 19.3 Å². The first kappa shape index (κ1) is 28.5. The maximum Gasteiger partial charge on any atom is 0.301 e. The highest BCUT2D eigenvalue weighted by atomic mass is 35.5. The summed E-state index contributed by atoms with van der Waals surface area (Å²) in [5.41, 5.74) is 3.21. The number of halogens is 2. The Bertz CT molecular complexity index is 1730. The van der Waals surface area contributed by atoms with Crippen molar-refractivity contribution in [1.82, 2.24) is 4.98 Å². The van der Waals surface area contributed by atoms with Gasteiger partial charge in [0.05, 0.1) is 32.2 Å². The second kappa shape index (κ2) is 11.5. The fraction of sp³-hybridized carbons (Fsp3) is 0.161. The molecule has 3 aromatic carbocycles. The van der Waals surface area contributed by atoms with Crippen LogP contribution in [0.3, 0.4) is 0 Å².